The van der Waals surface area contributed by atoms with Crippen LogP contribution in [0.25, 0.3) is 0 Å². The van der Waals surface area contributed by atoms with Crippen molar-refractivity contribution in [1.29, 1.82) is 0 Å². The number of rotatable bonds is 3. The molecular weight excluding hydrogens is 284 g/mol. The molecule has 1 aromatic rings. The van der Waals surface area contributed by atoms with Gasteiger partial charge in [-0.15, -0.1) is 0 Å². The van der Waals surface area contributed by atoms with Gasteiger partial charge in [0.15, 0.2) is 0 Å². The number of aryl methyl sites for hydroxylation is 2. The zero-order valence-corrected chi connectivity index (χ0v) is 12.9. The Balaban J connectivity index is 2.25. The minimum absolute atomic E-state index is 0.169. The summed E-state index contributed by atoms with van der Waals surface area (Å²) in [6.07, 6.45) is 6.10. The number of halogens is 1. The first-order chi connectivity index (χ1) is 8.88. The molecule has 0 N–H and O–H groups in total. The molecule has 0 heterocycles. The summed E-state index contributed by atoms with van der Waals surface area (Å²) in [5.74, 6) is 0.772. The van der Waals surface area contributed by atoms with Gasteiger partial charge in [0.05, 0.1) is 11.0 Å². The van der Waals surface area contributed by atoms with E-state index < -0.39 is 9.05 Å². The number of hydrogen-bond acceptors (Lipinski definition) is 3. The summed E-state index contributed by atoms with van der Waals surface area (Å²) in [5.41, 5.74) is 1.45. The van der Waals surface area contributed by atoms with Crippen molar-refractivity contribution in [3.8, 4) is 5.75 Å². The molecule has 3 nitrogen and oxygen atoms in total. The molecule has 0 bridgehead atoms. The Kier molecular flexibility index (Phi) is 4.41. The van der Waals surface area contributed by atoms with Crippen LogP contribution in [-0.4, -0.2) is 14.5 Å². The highest BCUT2D eigenvalue weighted by molar-refractivity contribution is 8.13. The fraction of sp³-hybridized carbons (Fsp3) is 0.571. The van der Waals surface area contributed by atoms with Gasteiger partial charge in [-0.05, 0) is 62.8 Å². The van der Waals surface area contributed by atoms with Crippen LogP contribution < -0.4 is 4.74 Å². The average Bonchev–Trinajstić information content (AvgIpc) is 2.33. The lowest BCUT2D eigenvalue weighted by atomic mass is 9.97. The van der Waals surface area contributed by atoms with Crippen LogP contribution in [-0.2, 0) is 9.05 Å². The van der Waals surface area contributed by atoms with Crippen molar-refractivity contribution in [3.05, 3.63) is 23.3 Å². The fourth-order valence-electron chi connectivity index (χ4n) is 2.52. The molecule has 106 valence electrons. The molecule has 0 saturated heterocycles. The van der Waals surface area contributed by atoms with E-state index in [1.54, 1.807) is 19.1 Å². The van der Waals surface area contributed by atoms with Crippen LogP contribution in [0.5, 0.6) is 5.75 Å². The van der Waals surface area contributed by atoms with Crippen LogP contribution in [0.2, 0.25) is 0 Å². The Labute approximate surface area is 119 Å². The standard InChI is InChI=1S/C14H19ClO3S/c1-10-9-14(19(15,16)17)11(2)8-13(10)18-12-6-4-3-5-7-12/h8-9,12H,3-7H2,1-2H3. The van der Waals surface area contributed by atoms with Gasteiger partial charge in [-0.2, -0.15) is 0 Å². The first-order valence-corrected chi connectivity index (χ1v) is 8.91. The van der Waals surface area contributed by atoms with E-state index in [-0.39, 0.29) is 11.0 Å². The molecule has 0 unspecified atom stereocenters. The van der Waals surface area contributed by atoms with Gasteiger partial charge in [-0.25, -0.2) is 8.42 Å². The third-order valence-electron chi connectivity index (χ3n) is 3.58. The number of ether oxygens (including phenoxy) is 1. The molecule has 0 aliphatic heterocycles. The highest BCUT2D eigenvalue weighted by Crippen LogP contribution is 2.30. The molecule has 1 aliphatic carbocycles. The molecule has 0 aromatic heterocycles. The van der Waals surface area contributed by atoms with E-state index in [0.29, 0.717) is 5.56 Å². The molecule has 0 atom stereocenters. The van der Waals surface area contributed by atoms with E-state index in [9.17, 15) is 8.42 Å². The smallest absolute Gasteiger partial charge is 0.261 e. The lowest BCUT2D eigenvalue weighted by Gasteiger charge is -2.24. The van der Waals surface area contributed by atoms with Gasteiger partial charge in [0.2, 0.25) is 0 Å². The molecule has 5 heteroatoms. The second kappa shape index (κ2) is 5.71. The van der Waals surface area contributed by atoms with Gasteiger partial charge in [0.1, 0.15) is 5.75 Å². The lowest BCUT2D eigenvalue weighted by Crippen LogP contribution is -2.20. The normalized spacial score (nSPS) is 17.4. The van der Waals surface area contributed by atoms with Gasteiger partial charge in [0, 0.05) is 10.7 Å². The van der Waals surface area contributed by atoms with Crippen molar-refractivity contribution in [2.45, 2.75) is 57.0 Å². The number of benzene rings is 1. The van der Waals surface area contributed by atoms with Gasteiger partial charge in [-0.3, -0.25) is 0 Å². The van der Waals surface area contributed by atoms with Crippen LogP contribution in [0.3, 0.4) is 0 Å². The van der Waals surface area contributed by atoms with Crippen molar-refractivity contribution in [2.24, 2.45) is 0 Å². The van der Waals surface area contributed by atoms with Crippen LogP contribution in [0.1, 0.15) is 43.2 Å². The second-order valence-corrected chi connectivity index (χ2v) is 7.73. The maximum atomic E-state index is 11.4. The van der Waals surface area contributed by atoms with Crippen molar-refractivity contribution < 1.29 is 13.2 Å². The van der Waals surface area contributed by atoms with Crippen molar-refractivity contribution in [3.63, 3.8) is 0 Å². The monoisotopic (exact) mass is 302 g/mol. The first-order valence-electron chi connectivity index (χ1n) is 6.60. The van der Waals surface area contributed by atoms with E-state index >= 15 is 0 Å². The molecule has 2 rings (SSSR count). The molecular formula is C14H19ClO3S. The zero-order valence-electron chi connectivity index (χ0n) is 11.3. The van der Waals surface area contributed by atoms with Crippen LogP contribution >= 0.6 is 10.7 Å². The Morgan fingerprint density at radius 1 is 1.11 bits per heavy atom. The quantitative estimate of drug-likeness (QED) is 0.794. The zero-order chi connectivity index (χ0) is 14.0. The van der Waals surface area contributed by atoms with Gasteiger partial charge < -0.3 is 4.74 Å². The highest BCUT2D eigenvalue weighted by atomic mass is 35.7. The molecule has 0 spiro atoms. The molecule has 19 heavy (non-hydrogen) atoms. The predicted molar refractivity (Wildman–Crippen MR) is 76.5 cm³/mol. The topological polar surface area (TPSA) is 43.4 Å². The third-order valence-corrected chi connectivity index (χ3v) is 5.04. The lowest BCUT2D eigenvalue weighted by molar-refractivity contribution is 0.154. The van der Waals surface area contributed by atoms with E-state index in [2.05, 4.69) is 0 Å². The first kappa shape index (κ1) is 14.7. The van der Waals surface area contributed by atoms with Crippen LogP contribution in [0.4, 0.5) is 0 Å². The fourth-order valence-corrected chi connectivity index (χ4v) is 3.78. The molecule has 0 radical (unpaired) electrons. The molecule has 1 aliphatic rings. The summed E-state index contributed by atoms with van der Waals surface area (Å²) >= 11 is 0. The van der Waals surface area contributed by atoms with E-state index in [0.717, 1.165) is 24.2 Å². The Bertz CT molecular complexity index is 560. The minimum atomic E-state index is -3.69. The van der Waals surface area contributed by atoms with E-state index in [4.69, 9.17) is 15.4 Å². The maximum absolute atomic E-state index is 11.4. The highest BCUT2D eigenvalue weighted by Gasteiger charge is 2.19. The van der Waals surface area contributed by atoms with Crippen molar-refractivity contribution >= 4 is 19.7 Å². The van der Waals surface area contributed by atoms with Gasteiger partial charge >= 0.3 is 0 Å². The Hall–Kier alpha value is -0.740. The van der Waals surface area contributed by atoms with E-state index in [1.165, 1.54) is 19.3 Å². The molecule has 1 fully saturated rings. The third kappa shape index (κ3) is 3.63. The number of hydrogen-bond donors (Lipinski definition) is 0. The van der Waals surface area contributed by atoms with Crippen LogP contribution in [0.15, 0.2) is 17.0 Å². The predicted octanol–water partition coefficient (Wildman–Crippen LogP) is 3.94. The Morgan fingerprint density at radius 2 is 1.74 bits per heavy atom. The summed E-state index contributed by atoms with van der Waals surface area (Å²) in [6.45, 7) is 3.59. The van der Waals surface area contributed by atoms with Crippen molar-refractivity contribution in [1.82, 2.24) is 0 Å². The minimum Gasteiger partial charge on any atom is -0.490 e. The van der Waals surface area contributed by atoms with Gasteiger partial charge in [0.25, 0.3) is 9.05 Å². The second-order valence-electron chi connectivity index (χ2n) is 5.20. The SMILES string of the molecule is Cc1cc(S(=O)(=O)Cl)c(C)cc1OC1CCCCC1. The Morgan fingerprint density at radius 3 is 2.32 bits per heavy atom. The summed E-state index contributed by atoms with van der Waals surface area (Å²) in [6, 6.07) is 3.37. The van der Waals surface area contributed by atoms with E-state index in [1.807, 2.05) is 6.92 Å². The molecule has 0 amide bonds. The molecule has 1 aromatic carbocycles. The van der Waals surface area contributed by atoms with Crippen molar-refractivity contribution in [2.75, 3.05) is 0 Å². The average molecular weight is 303 g/mol. The van der Waals surface area contributed by atoms with Crippen LogP contribution in [0, 0.1) is 13.8 Å². The maximum Gasteiger partial charge on any atom is 0.261 e. The summed E-state index contributed by atoms with van der Waals surface area (Å²) in [4.78, 5) is 0.169. The summed E-state index contributed by atoms with van der Waals surface area (Å²) < 4.78 is 28.9. The summed E-state index contributed by atoms with van der Waals surface area (Å²) in [7, 11) is 1.72. The van der Waals surface area contributed by atoms with Gasteiger partial charge in [-0.1, -0.05) is 6.42 Å². The largest absolute Gasteiger partial charge is 0.490 e. The molecule has 1 saturated carbocycles. The summed E-state index contributed by atoms with van der Waals surface area (Å²) in [5, 5.41) is 0.